The molecule has 0 aliphatic carbocycles. The minimum absolute atomic E-state index is 0.152. The van der Waals surface area contributed by atoms with Crippen LogP contribution in [0.3, 0.4) is 0 Å². The molecule has 2 rings (SSSR count). The van der Waals surface area contributed by atoms with Gasteiger partial charge in [0.05, 0.1) is 17.9 Å². The van der Waals surface area contributed by atoms with E-state index < -0.39 is 0 Å². The number of hydrogen-bond acceptors (Lipinski definition) is 3. The van der Waals surface area contributed by atoms with Crippen LogP contribution < -0.4 is 14.8 Å². The van der Waals surface area contributed by atoms with Crippen LogP contribution >= 0.6 is 0 Å². The van der Waals surface area contributed by atoms with Crippen molar-refractivity contribution >= 4 is 5.69 Å². The SMILES string of the molecule is CC(C)Oc1ccccc1CNc1ccccc1OC(C)C. The highest BCUT2D eigenvalue weighted by molar-refractivity contribution is 5.56. The summed E-state index contributed by atoms with van der Waals surface area (Å²) in [5, 5.41) is 3.44. The first-order valence-corrected chi connectivity index (χ1v) is 7.80. The Morgan fingerprint density at radius 1 is 0.773 bits per heavy atom. The molecular weight excluding hydrogens is 274 g/mol. The summed E-state index contributed by atoms with van der Waals surface area (Å²) in [6, 6.07) is 16.1. The van der Waals surface area contributed by atoms with E-state index in [4.69, 9.17) is 9.47 Å². The molecule has 0 amide bonds. The first-order valence-electron chi connectivity index (χ1n) is 7.80. The van der Waals surface area contributed by atoms with Crippen molar-refractivity contribution in [3.05, 3.63) is 54.1 Å². The molecule has 0 saturated heterocycles. The van der Waals surface area contributed by atoms with E-state index in [2.05, 4.69) is 11.4 Å². The predicted molar refractivity (Wildman–Crippen MR) is 91.7 cm³/mol. The highest BCUT2D eigenvalue weighted by atomic mass is 16.5. The summed E-state index contributed by atoms with van der Waals surface area (Å²) in [5.41, 5.74) is 2.13. The molecule has 22 heavy (non-hydrogen) atoms. The third kappa shape index (κ3) is 4.69. The van der Waals surface area contributed by atoms with Crippen molar-refractivity contribution in [3.63, 3.8) is 0 Å². The second-order valence-corrected chi connectivity index (χ2v) is 5.79. The Kier molecular flexibility index (Phi) is 5.70. The Labute approximate surface area is 133 Å². The van der Waals surface area contributed by atoms with E-state index in [-0.39, 0.29) is 12.2 Å². The second-order valence-electron chi connectivity index (χ2n) is 5.79. The molecule has 0 heterocycles. The first kappa shape index (κ1) is 16.2. The molecule has 0 saturated carbocycles. The van der Waals surface area contributed by atoms with Gasteiger partial charge < -0.3 is 14.8 Å². The number of ether oxygens (including phenoxy) is 2. The van der Waals surface area contributed by atoms with Crippen LogP contribution in [-0.4, -0.2) is 12.2 Å². The quantitative estimate of drug-likeness (QED) is 0.791. The summed E-state index contributed by atoms with van der Waals surface area (Å²) in [5.74, 6) is 1.80. The topological polar surface area (TPSA) is 30.5 Å². The molecule has 0 aromatic heterocycles. The summed E-state index contributed by atoms with van der Waals surface area (Å²) >= 11 is 0. The molecule has 0 bridgehead atoms. The van der Waals surface area contributed by atoms with Crippen LogP contribution in [-0.2, 0) is 6.54 Å². The van der Waals surface area contributed by atoms with Crippen molar-refractivity contribution in [2.45, 2.75) is 46.4 Å². The van der Waals surface area contributed by atoms with Gasteiger partial charge in [0, 0.05) is 12.1 Å². The monoisotopic (exact) mass is 299 g/mol. The van der Waals surface area contributed by atoms with Crippen molar-refractivity contribution in [1.29, 1.82) is 0 Å². The average Bonchev–Trinajstić information content (AvgIpc) is 2.46. The summed E-state index contributed by atoms with van der Waals surface area (Å²) in [6.45, 7) is 8.83. The molecule has 0 fully saturated rings. The van der Waals surface area contributed by atoms with Gasteiger partial charge in [0.2, 0.25) is 0 Å². The van der Waals surface area contributed by atoms with Crippen LogP contribution in [0.25, 0.3) is 0 Å². The lowest BCUT2D eigenvalue weighted by Crippen LogP contribution is -2.11. The highest BCUT2D eigenvalue weighted by Gasteiger charge is 2.08. The standard InChI is InChI=1S/C19H25NO2/c1-14(2)21-18-11-7-5-9-16(18)13-20-17-10-6-8-12-19(17)22-15(3)4/h5-12,14-15,20H,13H2,1-4H3. The van der Waals surface area contributed by atoms with E-state index in [1.165, 1.54) is 0 Å². The molecular formula is C19H25NO2. The number of para-hydroxylation sites is 3. The summed E-state index contributed by atoms with van der Waals surface area (Å²) in [6.07, 6.45) is 0.317. The molecule has 0 unspecified atom stereocenters. The smallest absolute Gasteiger partial charge is 0.142 e. The molecule has 0 spiro atoms. The lowest BCUT2D eigenvalue weighted by molar-refractivity contribution is 0.240. The van der Waals surface area contributed by atoms with Gasteiger partial charge >= 0.3 is 0 Å². The zero-order valence-corrected chi connectivity index (χ0v) is 13.8. The second kappa shape index (κ2) is 7.74. The molecule has 3 nitrogen and oxygen atoms in total. The molecule has 118 valence electrons. The lowest BCUT2D eigenvalue weighted by Gasteiger charge is -2.17. The van der Waals surface area contributed by atoms with Crippen LogP contribution in [0.5, 0.6) is 11.5 Å². The fourth-order valence-corrected chi connectivity index (χ4v) is 2.18. The summed E-state index contributed by atoms with van der Waals surface area (Å²) in [4.78, 5) is 0. The zero-order chi connectivity index (χ0) is 15.9. The van der Waals surface area contributed by atoms with Crippen LogP contribution in [0.1, 0.15) is 33.3 Å². The molecule has 1 N–H and O–H groups in total. The van der Waals surface area contributed by atoms with Crippen LogP contribution in [0.4, 0.5) is 5.69 Å². The third-order valence-electron chi connectivity index (χ3n) is 3.05. The van der Waals surface area contributed by atoms with Gasteiger partial charge in [-0.15, -0.1) is 0 Å². The molecule has 0 aliphatic heterocycles. The van der Waals surface area contributed by atoms with Gasteiger partial charge in [0.15, 0.2) is 0 Å². The van der Waals surface area contributed by atoms with Crippen molar-refractivity contribution in [3.8, 4) is 11.5 Å². The fraction of sp³-hybridized carbons (Fsp3) is 0.368. The molecule has 3 heteroatoms. The van der Waals surface area contributed by atoms with E-state index in [0.29, 0.717) is 6.54 Å². The van der Waals surface area contributed by atoms with Gasteiger partial charge in [0.25, 0.3) is 0 Å². The van der Waals surface area contributed by atoms with Crippen LogP contribution in [0.2, 0.25) is 0 Å². The Morgan fingerprint density at radius 2 is 1.32 bits per heavy atom. The first-order chi connectivity index (χ1) is 10.6. The maximum absolute atomic E-state index is 5.86. The molecule has 2 aromatic rings. The minimum Gasteiger partial charge on any atom is -0.491 e. The van der Waals surface area contributed by atoms with Crippen molar-refractivity contribution in [2.75, 3.05) is 5.32 Å². The lowest BCUT2D eigenvalue weighted by atomic mass is 10.2. The number of anilines is 1. The minimum atomic E-state index is 0.152. The highest BCUT2D eigenvalue weighted by Crippen LogP contribution is 2.27. The largest absolute Gasteiger partial charge is 0.491 e. The predicted octanol–water partition coefficient (Wildman–Crippen LogP) is 4.87. The van der Waals surface area contributed by atoms with E-state index in [0.717, 1.165) is 22.7 Å². The van der Waals surface area contributed by atoms with Gasteiger partial charge in [-0.2, -0.15) is 0 Å². The Hall–Kier alpha value is -2.16. The normalized spacial score (nSPS) is 10.8. The van der Waals surface area contributed by atoms with Gasteiger partial charge in [-0.3, -0.25) is 0 Å². The van der Waals surface area contributed by atoms with E-state index in [1.807, 2.05) is 70.2 Å². The summed E-state index contributed by atoms with van der Waals surface area (Å²) in [7, 11) is 0. The van der Waals surface area contributed by atoms with E-state index in [1.54, 1.807) is 0 Å². The Bertz CT molecular complexity index is 540. The molecule has 0 aliphatic rings. The zero-order valence-electron chi connectivity index (χ0n) is 13.8. The van der Waals surface area contributed by atoms with Crippen LogP contribution in [0.15, 0.2) is 48.5 Å². The maximum Gasteiger partial charge on any atom is 0.142 e. The number of benzene rings is 2. The van der Waals surface area contributed by atoms with Crippen LogP contribution in [0, 0.1) is 0 Å². The van der Waals surface area contributed by atoms with E-state index in [9.17, 15) is 0 Å². The molecule has 0 atom stereocenters. The summed E-state index contributed by atoms with van der Waals surface area (Å²) < 4.78 is 11.7. The van der Waals surface area contributed by atoms with E-state index >= 15 is 0 Å². The third-order valence-corrected chi connectivity index (χ3v) is 3.05. The van der Waals surface area contributed by atoms with Crippen molar-refractivity contribution < 1.29 is 9.47 Å². The Balaban J connectivity index is 2.10. The van der Waals surface area contributed by atoms with Gasteiger partial charge in [0.1, 0.15) is 11.5 Å². The number of rotatable bonds is 7. The molecule has 0 radical (unpaired) electrons. The van der Waals surface area contributed by atoms with Crippen molar-refractivity contribution in [1.82, 2.24) is 0 Å². The van der Waals surface area contributed by atoms with Gasteiger partial charge in [-0.1, -0.05) is 30.3 Å². The van der Waals surface area contributed by atoms with Crippen molar-refractivity contribution in [2.24, 2.45) is 0 Å². The fourth-order valence-electron chi connectivity index (χ4n) is 2.18. The average molecular weight is 299 g/mol. The number of hydrogen-bond donors (Lipinski definition) is 1. The van der Waals surface area contributed by atoms with Gasteiger partial charge in [-0.25, -0.2) is 0 Å². The van der Waals surface area contributed by atoms with Gasteiger partial charge in [-0.05, 0) is 45.9 Å². The number of nitrogens with one attached hydrogen (secondary N) is 1. The molecule has 2 aromatic carbocycles. The Morgan fingerprint density at radius 3 is 2.00 bits per heavy atom. The maximum atomic E-state index is 5.86.